The molecule has 6 heteroatoms. The summed E-state index contributed by atoms with van der Waals surface area (Å²) in [7, 11) is 0. The van der Waals surface area contributed by atoms with E-state index in [4.69, 9.17) is 4.74 Å². The topological polar surface area (TPSA) is 70.7 Å². The van der Waals surface area contributed by atoms with Crippen LogP contribution in [0.15, 0.2) is 0 Å². The smallest absolute Gasteiger partial charge is 0.311 e. The number of ether oxygens (including phenoxy) is 1. The van der Waals surface area contributed by atoms with E-state index in [0.717, 1.165) is 19.5 Å². The van der Waals surface area contributed by atoms with Crippen molar-refractivity contribution in [3.8, 4) is 0 Å². The van der Waals surface area contributed by atoms with Crippen molar-refractivity contribution in [3.05, 3.63) is 0 Å². The molecular weight excluding hydrogens is 234 g/mol. The molecule has 0 aliphatic carbocycles. The Bertz CT molecular complexity index is 276. The Kier molecular flexibility index (Phi) is 6.67. The lowest BCUT2D eigenvalue weighted by atomic mass is 10.3. The summed E-state index contributed by atoms with van der Waals surface area (Å²) in [6.07, 6.45) is 0.918. The van der Waals surface area contributed by atoms with Gasteiger partial charge in [0.15, 0.2) is 0 Å². The van der Waals surface area contributed by atoms with E-state index in [1.807, 2.05) is 13.8 Å². The third kappa shape index (κ3) is 5.46. The molecule has 1 heterocycles. The monoisotopic (exact) mass is 257 g/mol. The van der Waals surface area contributed by atoms with Gasteiger partial charge in [0.05, 0.1) is 6.10 Å². The number of nitrogens with zero attached hydrogens (tertiary/aromatic N) is 1. The minimum Gasteiger partial charge on any atom is -0.379 e. The molecule has 2 amide bonds. The molecule has 0 saturated carbocycles. The van der Waals surface area contributed by atoms with E-state index < -0.39 is 11.8 Å². The first-order chi connectivity index (χ1) is 8.61. The summed E-state index contributed by atoms with van der Waals surface area (Å²) in [5.41, 5.74) is 0. The first kappa shape index (κ1) is 14.9. The second kappa shape index (κ2) is 8.05. The SMILES string of the molecule is CC(C)OCCCNC(=O)C(=O)N1CCNCC1. The predicted octanol–water partition coefficient (Wildman–Crippen LogP) is -0.650. The zero-order valence-corrected chi connectivity index (χ0v) is 11.2. The maximum Gasteiger partial charge on any atom is 0.311 e. The molecule has 18 heavy (non-hydrogen) atoms. The Morgan fingerprint density at radius 3 is 2.61 bits per heavy atom. The lowest BCUT2D eigenvalue weighted by Crippen LogP contribution is -2.51. The van der Waals surface area contributed by atoms with Gasteiger partial charge in [0, 0.05) is 39.3 Å². The summed E-state index contributed by atoms with van der Waals surface area (Å²) in [6, 6.07) is 0. The van der Waals surface area contributed by atoms with E-state index in [1.54, 1.807) is 4.90 Å². The third-order valence-electron chi connectivity index (χ3n) is 2.66. The van der Waals surface area contributed by atoms with Gasteiger partial charge in [0.25, 0.3) is 0 Å². The Labute approximate surface area is 108 Å². The van der Waals surface area contributed by atoms with Crippen molar-refractivity contribution in [1.82, 2.24) is 15.5 Å². The molecule has 1 rings (SSSR count). The first-order valence-electron chi connectivity index (χ1n) is 6.50. The molecule has 0 aromatic carbocycles. The van der Waals surface area contributed by atoms with Crippen molar-refractivity contribution in [2.45, 2.75) is 26.4 Å². The fraction of sp³-hybridized carbons (Fsp3) is 0.833. The van der Waals surface area contributed by atoms with Gasteiger partial charge < -0.3 is 20.3 Å². The van der Waals surface area contributed by atoms with Crippen LogP contribution >= 0.6 is 0 Å². The Balaban J connectivity index is 2.13. The highest BCUT2D eigenvalue weighted by Crippen LogP contribution is 1.94. The number of hydrogen-bond acceptors (Lipinski definition) is 4. The molecule has 0 bridgehead atoms. The Morgan fingerprint density at radius 1 is 1.33 bits per heavy atom. The number of piperazine rings is 1. The van der Waals surface area contributed by atoms with Crippen LogP contribution in [0.5, 0.6) is 0 Å². The van der Waals surface area contributed by atoms with Gasteiger partial charge in [-0.15, -0.1) is 0 Å². The van der Waals surface area contributed by atoms with Gasteiger partial charge in [-0.3, -0.25) is 9.59 Å². The van der Waals surface area contributed by atoms with Gasteiger partial charge in [-0.1, -0.05) is 0 Å². The molecular formula is C12H23N3O3. The quantitative estimate of drug-likeness (QED) is 0.507. The van der Waals surface area contributed by atoms with Crippen LogP contribution in [0.3, 0.4) is 0 Å². The van der Waals surface area contributed by atoms with Crippen LogP contribution in [0.1, 0.15) is 20.3 Å². The van der Waals surface area contributed by atoms with Crippen LogP contribution in [0.4, 0.5) is 0 Å². The van der Waals surface area contributed by atoms with Gasteiger partial charge >= 0.3 is 11.8 Å². The highest BCUT2D eigenvalue weighted by molar-refractivity contribution is 6.35. The molecule has 1 aliphatic heterocycles. The second-order valence-corrected chi connectivity index (χ2v) is 4.57. The van der Waals surface area contributed by atoms with E-state index in [1.165, 1.54) is 0 Å². The summed E-state index contributed by atoms with van der Waals surface area (Å²) >= 11 is 0. The predicted molar refractivity (Wildman–Crippen MR) is 68.2 cm³/mol. The number of nitrogens with one attached hydrogen (secondary N) is 2. The molecule has 0 spiro atoms. The molecule has 0 atom stereocenters. The molecule has 0 aromatic rings. The average Bonchev–Trinajstić information content (AvgIpc) is 2.38. The van der Waals surface area contributed by atoms with Gasteiger partial charge in [0.2, 0.25) is 0 Å². The number of hydrogen-bond donors (Lipinski definition) is 2. The van der Waals surface area contributed by atoms with Crippen molar-refractivity contribution in [1.29, 1.82) is 0 Å². The Morgan fingerprint density at radius 2 is 2.00 bits per heavy atom. The van der Waals surface area contributed by atoms with Crippen LogP contribution in [-0.4, -0.2) is 62.1 Å². The van der Waals surface area contributed by atoms with E-state index in [0.29, 0.717) is 26.2 Å². The molecule has 0 unspecified atom stereocenters. The fourth-order valence-electron chi connectivity index (χ4n) is 1.68. The minimum absolute atomic E-state index is 0.197. The first-order valence-corrected chi connectivity index (χ1v) is 6.50. The second-order valence-electron chi connectivity index (χ2n) is 4.57. The molecule has 1 saturated heterocycles. The third-order valence-corrected chi connectivity index (χ3v) is 2.66. The van der Waals surface area contributed by atoms with E-state index >= 15 is 0 Å². The van der Waals surface area contributed by atoms with E-state index in [-0.39, 0.29) is 6.10 Å². The van der Waals surface area contributed by atoms with Gasteiger partial charge in [-0.25, -0.2) is 0 Å². The summed E-state index contributed by atoms with van der Waals surface area (Å²) in [4.78, 5) is 24.9. The van der Waals surface area contributed by atoms with Gasteiger partial charge in [-0.05, 0) is 20.3 Å². The van der Waals surface area contributed by atoms with Crippen LogP contribution in [0, 0.1) is 0 Å². The van der Waals surface area contributed by atoms with Gasteiger partial charge in [-0.2, -0.15) is 0 Å². The highest BCUT2D eigenvalue weighted by atomic mass is 16.5. The number of rotatable bonds is 5. The van der Waals surface area contributed by atoms with Crippen molar-refractivity contribution in [3.63, 3.8) is 0 Å². The van der Waals surface area contributed by atoms with Crippen LogP contribution < -0.4 is 10.6 Å². The zero-order chi connectivity index (χ0) is 13.4. The summed E-state index contributed by atoms with van der Waals surface area (Å²) in [5.74, 6) is -0.942. The lowest BCUT2D eigenvalue weighted by Gasteiger charge is -2.26. The van der Waals surface area contributed by atoms with Crippen molar-refractivity contribution in [2.75, 3.05) is 39.3 Å². The molecule has 6 nitrogen and oxygen atoms in total. The largest absolute Gasteiger partial charge is 0.379 e. The average molecular weight is 257 g/mol. The standard InChI is InChI=1S/C12H23N3O3/c1-10(2)18-9-3-4-14-11(16)12(17)15-7-5-13-6-8-15/h10,13H,3-9H2,1-2H3,(H,14,16). The summed E-state index contributed by atoms with van der Waals surface area (Å²) < 4.78 is 5.35. The maximum atomic E-state index is 11.7. The molecule has 0 radical (unpaired) electrons. The zero-order valence-electron chi connectivity index (χ0n) is 11.2. The molecule has 1 fully saturated rings. The number of carbonyl (C=O) groups is 2. The van der Waals surface area contributed by atoms with E-state index in [9.17, 15) is 9.59 Å². The van der Waals surface area contributed by atoms with Crippen molar-refractivity contribution >= 4 is 11.8 Å². The highest BCUT2D eigenvalue weighted by Gasteiger charge is 2.22. The Hall–Kier alpha value is -1.14. The summed E-state index contributed by atoms with van der Waals surface area (Å²) in [6.45, 7) is 7.70. The molecule has 0 aromatic heterocycles. The number of amides is 2. The molecule has 1 aliphatic rings. The fourth-order valence-corrected chi connectivity index (χ4v) is 1.68. The van der Waals surface area contributed by atoms with Crippen LogP contribution in [0.25, 0.3) is 0 Å². The van der Waals surface area contributed by atoms with Crippen molar-refractivity contribution < 1.29 is 14.3 Å². The number of carbonyl (C=O) groups excluding carboxylic acids is 2. The molecule has 104 valence electrons. The van der Waals surface area contributed by atoms with Crippen molar-refractivity contribution in [2.24, 2.45) is 0 Å². The lowest BCUT2D eigenvalue weighted by molar-refractivity contribution is -0.146. The minimum atomic E-state index is -0.513. The normalized spacial score (nSPS) is 15.8. The summed E-state index contributed by atoms with van der Waals surface area (Å²) in [5, 5.41) is 5.76. The van der Waals surface area contributed by atoms with E-state index in [2.05, 4.69) is 10.6 Å². The van der Waals surface area contributed by atoms with Crippen LogP contribution in [-0.2, 0) is 14.3 Å². The van der Waals surface area contributed by atoms with Crippen LogP contribution in [0.2, 0.25) is 0 Å². The molecule has 2 N–H and O–H groups in total. The maximum absolute atomic E-state index is 11.7. The van der Waals surface area contributed by atoms with Gasteiger partial charge in [0.1, 0.15) is 0 Å².